The van der Waals surface area contributed by atoms with Gasteiger partial charge < -0.3 is 4.74 Å². The number of carbonyl (C=O) groups excluding carboxylic acids is 2. The van der Waals surface area contributed by atoms with Crippen molar-refractivity contribution in [1.29, 1.82) is 0 Å². The normalized spacial score (nSPS) is 11.3. The molecule has 2 heterocycles. The smallest absolute Gasteiger partial charge is 0.350 e. The number of aromatic nitrogens is 3. The van der Waals surface area contributed by atoms with Crippen LogP contribution in [-0.2, 0) is 21.8 Å². The number of ether oxygens (including phenoxy) is 1. The van der Waals surface area contributed by atoms with Crippen molar-refractivity contribution in [2.45, 2.75) is 18.7 Å². The lowest BCUT2D eigenvalue weighted by molar-refractivity contribution is 0.0605. The first kappa shape index (κ1) is 22.4. The van der Waals surface area contributed by atoms with Crippen molar-refractivity contribution < 1.29 is 22.7 Å². The summed E-state index contributed by atoms with van der Waals surface area (Å²) in [5.74, 6) is -1.08. The van der Waals surface area contributed by atoms with Crippen LogP contribution in [0.2, 0.25) is 0 Å². The summed E-state index contributed by atoms with van der Waals surface area (Å²) in [6.07, 6.45) is 1.27. The van der Waals surface area contributed by atoms with Gasteiger partial charge in [-0.05, 0) is 26.0 Å². The molecule has 1 amide bonds. The standard InChI is InChI=1S/C19H21N5O5S2/c1-11-6-8-13(9-7-11)31(27,28)24(4)17-14(10-20-23(17)3)16(25)22-19-21-12(2)15(30-19)18(26)29-5/h6-10H,1-5H3,(H,21,22,25). The molecule has 0 bridgehead atoms. The van der Waals surface area contributed by atoms with Crippen LogP contribution in [0, 0.1) is 13.8 Å². The van der Waals surface area contributed by atoms with E-state index in [1.165, 1.54) is 44.2 Å². The lowest BCUT2D eigenvalue weighted by Gasteiger charge is -2.20. The highest BCUT2D eigenvalue weighted by Crippen LogP contribution is 2.28. The van der Waals surface area contributed by atoms with E-state index in [2.05, 4.69) is 15.4 Å². The van der Waals surface area contributed by atoms with Gasteiger partial charge in [0.2, 0.25) is 0 Å². The fourth-order valence-electron chi connectivity index (χ4n) is 2.84. The van der Waals surface area contributed by atoms with Crippen LogP contribution in [0.15, 0.2) is 35.4 Å². The third kappa shape index (κ3) is 4.30. The number of hydrogen-bond donors (Lipinski definition) is 1. The molecule has 31 heavy (non-hydrogen) atoms. The molecule has 0 saturated carbocycles. The Balaban J connectivity index is 1.92. The van der Waals surface area contributed by atoms with E-state index in [0.717, 1.165) is 21.2 Å². The predicted molar refractivity (Wildman–Crippen MR) is 116 cm³/mol. The zero-order chi connectivity index (χ0) is 22.9. The number of benzene rings is 1. The fourth-order valence-corrected chi connectivity index (χ4v) is 4.96. The highest BCUT2D eigenvalue weighted by Gasteiger charge is 2.29. The summed E-state index contributed by atoms with van der Waals surface area (Å²) < 4.78 is 33.1. The van der Waals surface area contributed by atoms with Gasteiger partial charge >= 0.3 is 5.97 Å². The Morgan fingerprint density at radius 2 is 1.84 bits per heavy atom. The Labute approximate surface area is 183 Å². The van der Waals surface area contributed by atoms with Crippen LogP contribution in [0.5, 0.6) is 0 Å². The van der Waals surface area contributed by atoms with E-state index in [1.54, 1.807) is 19.1 Å². The van der Waals surface area contributed by atoms with Gasteiger partial charge in [-0.25, -0.2) is 18.2 Å². The maximum absolute atomic E-state index is 13.1. The Morgan fingerprint density at radius 3 is 2.45 bits per heavy atom. The number of rotatable bonds is 6. The number of thiazole rings is 1. The average Bonchev–Trinajstić information content (AvgIpc) is 3.29. The number of hydrogen-bond acceptors (Lipinski definition) is 8. The van der Waals surface area contributed by atoms with Crippen molar-refractivity contribution in [2.75, 3.05) is 23.8 Å². The molecular weight excluding hydrogens is 442 g/mol. The molecule has 0 aliphatic carbocycles. The third-order valence-corrected chi connectivity index (χ3v) is 7.33. The molecule has 0 aliphatic rings. The van der Waals surface area contributed by atoms with Gasteiger partial charge in [-0.15, -0.1) is 0 Å². The number of sulfonamides is 1. The molecule has 0 fully saturated rings. The van der Waals surface area contributed by atoms with Gasteiger partial charge in [0, 0.05) is 14.1 Å². The van der Waals surface area contributed by atoms with Crippen molar-refractivity contribution in [3.8, 4) is 0 Å². The van der Waals surface area contributed by atoms with E-state index < -0.39 is 21.9 Å². The largest absolute Gasteiger partial charge is 0.465 e. The van der Waals surface area contributed by atoms with Crippen LogP contribution in [0.1, 0.15) is 31.3 Å². The molecule has 12 heteroatoms. The van der Waals surface area contributed by atoms with E-state index in [9.17, 15) is 18.0 Å². The molecule has 0 radical (unpaired) electrons. The topological polar surface area (TPSA) is 123 Å². The molecule has 2 aromatic heterocycles. The summed E-state index contributed by atoms with van der Waals surface area (Å²) in [5.41, 5.74) is 1.37. The van der Waals surface area contributed by atoms with Crippen molar-refractivity contribution in [1.82, 2.24) is 14.8 Å². The summed E-state index contributed by atoms with van der Waals surface area (Å²) >= 11 is 0.963. The SMILES string of the molecule is COC(=O)c1sc(NC(=O)c2cnn(C)c2N(C)S(=O)(=O)c2ccc(C)cc2)nc1C. The minimum absolute atomic E-state index is 0.0353. The highest BCUT2D eigenvalue weighted by molar-refractivity contribution is 7.92. The van der Waals surface area contributed by atoms with Crippen LogP contribution < -0.4 is 9.62 Å². The van der Waals surface area contributed by atoms with Gasteiger partial charge in [0.15, 0.2) is 10.9 Å². The summed E-state index contributed by atoms with van der Waals surface area (Å²) in [6.45, 7) is 3.48. The zero-order valence-corrected chi connectivity index (χ0v) is 19.2. The van der Waals surface area contributed by atoms with E-state index in [1.807, 2.05) is 6.92 Å². The minimum atomic E-state index is -3.93. The molecule has 0 saturated heterocycles. The summed E-state index contributed by atoms with van der Waals surface area (Å²) in [5, 5.41) is 6.82. The van der Waals surface area contributed by atoms with Gasteiger partial charge in [0.05, 0.1) is 23.9 Å². The van der Waals surface area contributed by atoms with E-state index in [0.29, 0.717) is 5.69 Å². The molecule has 0 aliphatic heterocycles. The average molecular weight is 464 g/mol. The maximum atomic E-state index is 13.1. The number of aryl methyl sites for hydroxylation is 3. The summed E-state index contributed by atoms with van der Waals surface area (Å²) in [4.78, 5) is 29.2. The second-order valence-corrected chi connectivity index (χ2v) is 9.64. The first-order valence-electron chi connectivity index (χ1n) is 9.01. The van der Waals surface area contributed by atoms with Gasteiger partial charge in [0.25, 0.3) is 15.9 Å². The van der Waals surface area contributed by atoms with Gasteiger partial charge in [0.1, 0.15) is 10.4 Å². The predicted octanol–water partition coefficient (Wildman–Crippen LogP) is 2.36. The van der Waals surface area contributed by atoms with Crippen LogP contribution in [0.4, 0.5) is 10.9 Å². The van der Waals surface area contributed by atoms with Crippen LogP contribution in [-0.4, -0.2) is 49.2 Å². The third-order valence-electron chi connectivity index (χ3n) is 4.52. The molecule has 0 unspecified atom stereocenters. The molecule has 1 N–H and O–H groups in total. The number of carbonyl (C=O) groups is 2. The van der Waals surface area contributed by atoms with Gasteiger partial charge in [-0.2, -0.15) is 5.10 Å². The Hall–Kier alpha value is -3.25. The Bertz CT molecular complexity index is 1250. The van der Waals surface area contributed by atoms with Crippen LogP contribution >= 0.6 is 11.3 Å². The second kappa shape index (κ2) is 8.47. The molecule has 164 valence electrons. The fraction of sp³-hybridized carbons (Fsp3) is 0.263. The van der Waals surface area contributed by atoms with E-state index in [4.69, 9.17) is 4.74 Å². The Morgan fingerprint density at radius 1 is 1.19 bits per heavy atom. The summed E-state index contributed by atoms with van der Waals surface area (Å²) in [6, 6.07) is 6.40. The van der Waals surface area contributed by atoms with Crippen LogP contribution in [0.3, 0.4) is 0 Å². The number of esters is 1. The van der Waals surface area contributed by atoms with Crippen LogP contribution in [0.25, 0.3) is 0 Å². The monoisotopic (exact) mass is 463 g/mol. The zero-order valence-electron chi connectivity index (χ0n) is 17.5. The lowest BCUT2D eigenvalue weighted by atomic mass is 10.2. The van der Waals surface area contributed by atoms with Crippen molar-refractivity contribution >= 4 is 44.2 Å². The summed E-state index contributed by atoms with van der Waals surface area (Å²) in [7, 11) is 0.218. The number of anilines is 2. The quantitative estimate of drug-likeness (QED) is 0.557. The highest BCUT2D eigenvalue weighted by atomic mass is 32.2. The molecule has 10 nitrogen and oxygen atoms in total. The Kier molecular flexibility index (Phi) is 6.13. The molecule has 0 spiro atoms. The molecule has 0 atom stereocenters. The minimum Gasteiger partial charge on any atom is -0.465 e. The number of methoxy groups -OCH3 is 1. The molecule has 3 rings (SSSR count). The van der Waals surface area contributed by atoms with Gasteiger partial charge in [-0.1, -0.05) is 29.0 Å². The lowest BCUT2D eigenvalue weighted by Crippen LogP contribution is -2.30. The number of nitrogens with one attached hydrogen (secondary N) is 1. The first-order valence-corrected chi connectivity index (χ1v) is 11.3. The van der Waals surface area contributed by atoms with E-state index >= 15 is 0 Å². The maximum Gasteiger partial charge on any atom is 0.350 e. The van der Waals surface area contributed by atoms with Crippen molar-refractivity contribution in [3.05, 3.63) is 52.2 Å². The van der Waals surface area contributed by atoms with Gasteiger partial charge in [-0.3, -0.25) is 19.1 Å². The van der Waals surface area contributed by atoms with E-state index in [-0.39, 0.29) is 26.3 Å². The second-order valence-electron chi connectivity index (χ2n) is 6.67. The first-order chi connectivity index (χ1) is 14.6. The molecule has 1 aromatic carbocycles. The number of nitrogens with zero attached hydrogens (tertiary/aromatic N) is 4. The van der Waals surface area contributed by atoms with Crippen molar-refractivity contribution in [2.24, 2.45) is 7.05 Å². The number of amides is 1. The molecular formula is C19H21N5O5S2. The van der Waals surface area contributed by atoms with Crippen molar-refractivity contribution in [3.63, 3.8) is 0 Å². The molecule has 3 aromatic rings.